The fraction of sp³-hybridized carbons (Fsp3) is 0.235. The van der Waals surface area contributed by atoms with Crippen LogP contribution in [-0.4, -0.2) is 23.0 Å². The molecule has 0 aliphatic heterocycles. The maximum absolute atomic E-state index is 12.5. The maximum Gasteiger partial charge on any atom is 0.314 e. The van der Waals surface area contributed by atoms with Gasteiger partial charge < -0.3 is 4.74 Å². The van der Waals surface area contributed by atoms with Crippen molar-refractivity contribution in [3.05, 3.63) is 65.7 Å². The number of esters is 1. The molecule has 2 rings (SSSR count). The van der Waals surface area contributed by atoms with E-state index in [1.165, 1.54) is 7.11 Å². The lowest BCUT2D eigenvalue weighted by Crippen LogP contribution is -2.20. The number of carbonyl (C=O) groups is 1. The molecule has 0 aliphatic rings. The normalized spacial score (nSPS) is 13.4. The van der Waals surface area contributed by atoms with Crippen molar-refractivity contribution in [2.45, 2.75) is 17.7 Å². The van der Waals surface area contributed by atoms with E-state index in [9.17, 15) is 9.00 Å². The van der Waals surface area contributed by atoms with Crippen molar-refractivity contribution >= 4 is 16.8 Å². The molecule has 4 heteroatoms. The van der Waals surface area contributed by atoms with Gasteiger partial charge in [0.2, 0.25) is 0 Å². The van der Waals surface area contributed by atoms with Crippen molar-refractivity contribution in [2.24, 2.45) is 0 Å². The zero-order valence-electron chi connectivity index (χ0n) is 12.1. The Kier molecular flexibility index (Phi) is 5.28. The first-order valence-electron chi connectivity index (χ1n) is 6.69. The topological polar surface area (TPSA) is 43.4 Å². The molecular weight excluding hydrogens is 284 g/mol. The molecule has 0 heterocycles. The average Bonchev–Trinajstić information content (AvgIpc) is 2.53. The standard InChI is InChI=1S/C17H18O3S/c1-13-8-10-15(11-9-13)21(19)12-16(17(18)20-2)14-6-4-3-5-7-14/h3-11,16H,12H2,1-2H3. The minimum atomic E-state index is -1.25. The molecule has 0 bridgehead atoms. The van der Waals surface area contributed by atoms with Crippen LogP contribution < -0.4 is 0 Å². The second kappa shape index (κ2) is 7.18. The molecule has 2 unspecified atom stereocenters. The Morgan fingerprint density at radius 1 is 1.10 bits per heavy atom. The van der Waals surface area contributed by atoms with E-state index in [-0.39, 0.29) is 11.7 Å². The lowest BCUT2D eigenvalue weighted by atomic mass is 10.0. The molecule has 2 aromatic carbocycles. The van der Waals surface area contributed by atoms with E-state index in [1.807, 2.05) is 61.5 Å². The largest absolute Gasteiger partial charge is 0.469 e. The Hall–Kier alpha value is -1.94. The summed E-state index contributed by atoms with van der Waals surface area (Å²) in [7, 11) is 0.109. The van der Waals surface area contributed by atoms with Gasteiger partial charge in [-0.15, -0.1) is 0 Å². The van der Waals surface area contributed by atoms with E-state index in [0.29, 0.717) is 0 Å². The van der Waals surface area contributed by atoms with Crippen LogP contribution in [0.25, 0.3) is 0 Å². The van der Waals surface area contributed by atoms with Crippen molar-refractivity contribution in [2.75, 3.05) is 12.9 Å². The fourth-order valence-electron chi connectivity index (χ4n) is 2.07. The highest BCUT2D eigenvalue weighted by atomic mass is 32.2. The number of methoxy groups -OCH3 is 1. The van der Waals surface area contributed by atoms with E-state index in [4.69, 9.17) is 4.74 Å². The molecule has 110 valence electrons. The van der Waals surface area contributed by atoms with E-state index >= 15 is 0 Å². The Morgan fingerprint density at radius 3 is 2.29 bits per heavy atom. The minimum absolute atomic E-state index is 0.222. The van der Waals surface area contributed by atoms with E-state index < -0.39 is 16.7 Å². The molecule has 3 nitrogen and oxygen atoms in total. The van der Waals surface area contributed by atoms with Crippen molar-refractivity contribution in [3.8, 4) is 0 Å². The van der Waals surface area contributed by atoms with Gasteiger partial charge in [-0.1, -0.05) is 48.0 Å². The van der Waals surface area contributed by atoms with Crippen LogP contribution >= 0.6 is 0 Å². The van der Waals surface area contributed by atoms with Crippen LogP contribution in [0.15, 0.2) is 59.5 Å². The van der Waals surface area contributed by atoms with Gasteiger partial charge in [0.05, 0.1) is 23.8 Å². The Morgan fingerprint density at radius 2 is 1.71 bits per heavy atom. The number of rotatable bonds is 5. The quantitative estimate of drug-likeness (QED) is 0.797. The number of hydrogen-bond donors (Lipinski definition) is 0. The lowest BCUT2D eigenvalue weighted by Gasteiger charge is -2.14. The van der Waals surface area contributed by atoms with E-state index in [1.54, 1.807) is 0 Å². The summed E-state index contributed by atoms with van der Waals surface area (Å²) in [6, 6.07) is 16.8. The summed E-state index contributed by atoms with van der Waals surface area (Å²) in [6.45, 7) is 1.98. The summed E-state index contributed by atoms with van der Waals surface area (Å²) in [5.41, 5.74) is 1.94. The number of ether oxygens (including phenoxy) is 1. The summed E-state index contributed by atoms with van der Waals surface area (Å²) >= 11 is 0. The number of aryl methyl sites for hydroxylation is 1. The number of benzene rings is 2. The number of hydrogen-bond acceptors (Lipinski definition) is 3. The van der Waals surface area contributed by atoms with Crippen LogP contribution in [0, 0.1) is 6.92 Å². The third-order valence-corrected chi connectivity index (χ3v) is 4.72. The maximum atomic E-state index is 12.5. The first-order chi connectivity index (χ1) is 10.1. The lowest BCUT2D eigenvalue weighted by molar-refractivity contribution is -0.141. The highest BCUT2D eigenvalue weighted by Gasteiger charge is 2.24. The summed E-state index contributed by atoms with van der Waals surface area (Å²) in [4.78, 5) is 12.7. The van der Waals surface area contributed by atoms with Gasteiger partial charge in [-0.3, -0.25) is 9.00 Å². The highest BCUT2D eigenvalue weighted by molar-refractivity contribution is 7.85. The van der Waals surface area contributed by atoms with Gasteiger partial charge in [0.25, 0.3) is 0 Å². The van der Waals surface area contributed by atoms with Crippen molar-refractivity contribution < 1.29 is 13.7 Å². The Balaban J connectivity index is 2.21. The molecule has 21 heavy (non-hydrogen) atoms. The smallest absolute Gasteiger partial charge is 0.314 e. The third-order valence-electron chi connectivity index (χ3n) is 3.29. The first-order valence-corrected chi connectivity index (χ1v) is 8.01. The summed E-state index contributed by atoms with van der Waals surface area (Å²) in [6.07, 6.45) is 0. The van der Waals surface area contributed by atoms with Gasteiger partial charge in [0, 0.05) is 10.6 Å². The number of carbonyl (C=O) groups excluding carboxylic acids is 1. The van der Waals surface area contributed by atoms with Crippen molar-refractivity contribution in [3.63, 3.8) is 0 Å². The zero-order chi connectivity index (χ0) is 15.2. The van der Waals surface area contributed by atoms with Crippen LogP contribution in [0.3, 0.4) is 0 Å². The van der Waals surface area contributed by atoms with Gasteiger partial charge in [-0.2, -0.15) is 0 Å². The fourth-order valence-corrected chi connectivity index (χ4v) is 3.33. The minimum Gasteiger partial charge on any atom is -0.469 e. The SMILES string of the molecule is COC(=O)C(CS(=O)c1ccc(C)cc1)c1ccccc1. The molecule has 0 radical (unpaired) electrons. The summed E-state index contributed by atoms with van der Waals surface area (Å²) < 4.78 is 17.3. The van der Waals surface area contributed by atoms with E-state index in [2.05, 4.69) is 0 Å². The second-order valence-electron chi connectivity index (χ2n) is 4.81. The first kappa shape index (κ1) is 15.4. The Bertz CT molecular complexity index is 620. The molecule has 0 N–H and O–H groups in total. The molecule has 0 saturated heterocycles. The third kappa shape index (κ3) is 4.02. The molecule has 2 aromatic rings. The predicted molar refractivity (Wildman–Crippen MR) is 83.7 cm³/mol. The van der Waals surface area contributed by atoms with Crippen LogP contribution in [0.1, 0.15) is 17.0 Å². The second-order valence-corrected chi connectivity index (χ2v) is 6.31. The average molecular weight is 302 g/mol. The monoisotopic (exact) mass is 302 g/mol. The molecule has 0 aliphatic carbocycles. The van der Waals surface area contributed by atoms with E-state index in [0.717, 1.165) is 16.0 Å². The molecule has 2 atom stereocenters. The Labute approximate surface area is 127 Å². The predicted octanol–water partition coefficient (Wildman–Crippen LogP) is 3.06. The highest BCUT2D eigenvalue weighted by Crippen LogP contribution is 2.21. The molecule has 0 spiro atoms. The summed E-state index contributed by atoms with van der Waals surface area (Å²) in [5.74, 6) is -0.653. The van der Waals surface area contributed by atoms with Crippen LogP contribution in [0.4, 0.5) is 0 Å². The van der Waals surface area contributed by atoms with Gasteiger partial charge in [-0.25, -0.2) is 0 Å². The molecule has 0 aromatic heterocycles. The summed E-state index contributed by atoms with van der Waals surface area (Å²) in [5, 5.41) is 0. The van der Waals surface area contributed by atoms with Crippen LogP contribution in [0.2, 0.25) is 0 Å². The molecular formula is C17H18O3S. The van der Waals surface area contributed by atoms with Gasteiger partial charge in [-0.05, 0) is 24.6 Å². The van der Waals surface area contributed by atoms with Crippen LogP contribution in [0.5, 0.6) is 0 Å². The molecule has 0 amide bonds. The van der Waals surface area contributed by atoms with Crippen molar-refractivity contribution in [1.29, 1.82) is 0 Å². The molecule has 0 saturated carbocycles. The van der Waals surface area contributed by atoms with Crippen molar-refractivity contribution in [1.82, 2.24) is 0 Å². The zero-order valence-corrected chi connectivity index (χ0v) is 12.9. The van der Waals surface area contributed by atoms with Gasteiger partial charge >= 0.3 is 5.97 Å². The van der Waals surface area contributed by atoms with Crippen LogP contribution in [-0.2, 0) is 20.3 Å². The van der Waals surface area contributed by atoms with Gasteiger partial charge in [0.15, 0.2) is 0 Å². The molecule has 0 fully saturated rings. The van der Waals surface area contributed by atoms with Gasteiger partial charge in [0.1, 0.15) is 0 Å².